The Morgan fingerprint density at radius 3 is 1.69 bits per heavy atom. The molecule has 0 radical (unpaired) electrons. The summed E-state index contributed by atoms with van der Waals surface area (Å²) in [6.45, 7) is 2.27. The summed E-state index contributed by atoms with van der Waals surface area (Å²) in [6, 6.07) is 13.1. The molecule has 1 aliphatic rings. The maximum atomic E-state index is 3.54. The first-order valence-corrected chi connectivity index (χ1v) is 6.84. The average molecular weight is 338 g/mol. The van der Waals surface area contributed by atoms with E-state index in [0.29, 0.717) is 5.92 Å². The van der Waals surface area contributed by atoms with Crippen LogP contribution in [0.5, 0.6) is 0 Å². The molecule has 0 saturated heterocycles. The molecule has 0 atom stereocenters. The molecule has 0 saturated carbocycles. The number of rotatable bonds is 0. The summed E-state index contributed by atoms with van der Waals surface area (Å²) in [5.41, 5.74) is 5.58. The molecule has 1 aliphatic carbocycles. The van der Waals surface area contributed by atoms with Crippen LogP contribution in [0.4, 0.5) is 0 Å². The van der Waals surface area contributed by atoms with Crippen molar-refractivity contribution >= 4 is 31.9 Å². The van der Waals surface area contributed by atoms with Gasteiger partial charge in [-0.15, -0.1) is 0 Å². The highest BCUT2D eigenvalue weighted by molar-refractivity contribution is 9.10. The van der Waals surface area contributed by atoms with E-state index in [-0.39, 0.29) is 0 Å². The summed E-state index contributed by atoms with van der Waals surface area (Å²) in [6.07, 6.45) is 0. The third-order valence-electron chi connectivity index (χ3n) is 3.25. The zero-order chi connectivity index (χ0) is 11.3. The van der Waals surface area contributed by atoms with E-state index in [4.69, 9.17) is 0 Å². The minimum Gasteiger partial charge on any atom is -0.0542 e. The number of hydrogen-bond donors (Lipinski definition) is 0. The summed E-state index contributed by atoms with van der Waals surface area (Å²) < 4.78 is 2.31. The van der Waals surface area contributed by atoms with E-state index in [9.17, 15) is 0 Å². The van der Waals surface area contributed by atoms with Crippen molar-refractivity contribution in [3.63, 3.8) is 0 Å². The maximum Gasteiger partial charge on any atom is 0.0178 e. The second-order valence-electron chi connectivity index (χ2n) is 4.18. The van der Waals surface area contributed by atoms with Gasteiger partial charge in [0, 0.05) is 14.9 Å². The number of hydrogen-bond acceptors (Lipinski definition) is 0. The molecule has 2 aromatic carbocycles. The Kier molecular flexibility index (Phi) is 2.45. The minimum absolute atomic E-state index is 0.486. The van der Waals surface area contributed by atoms with E-state index in [1.807, 2.05) is 0 Å². The van der Waals surface area contributed by atoms with Crippen LogP contribution in [0.2, 0.25) is 0 Å². The van der Waals surface area contributed by atoms with Crippen LogP contribution in [0.1, 0.15) is 24.0 Å². The average Bonchev–Trinajstić information content (AvgIpc) is 2.53. The first-order chi connectivity index (χ1) is 7.66. The molecule has 80 valence electrons. The molecule has 0 spiro atoms. The van der Waals surface area contributed by atoms with Gasteiger partial charge >= 0.3 is 0 Å². The molecule has 0 fully saturated rings. The largest absolute Gasteiger partial charge is 0.0542 e. The Hall–Kier alpha value is -0.600. The van der Waals surface area contributed by atoms with Crippen LogP contribution in [0, 0.1) is 0 Å². The molecule has 0 unspecified atom stereocenters. The summed E-state index contributed by atoms with van der Waals surface area (Å²) in [5.74, 6) is 0.486. The van der Waals surface area contributed by atoms with E-state index in [2.05, 4.69) is 75.2 Å². The van der Waals surface area contributed by atoms with Gasteiger partial charge in [-0.25, -0.2) is 0 Å². The lowest BCUT2D eigenvalue weighted by Gasteiger charge is -2.06. The van der Waals surface area contributed by atoms with Crippen molar-refractivity contribution in [3.05, 3.63) is 56.5 Å². The van der Waals surface area contributed by atoms with Gasteiger partial charge in [-0.3, -0.25) is 0 Å². The van der Waals surface area contributed by atoms with Crippen molar-refractivity contribution in [3.8, 4) is 11.1 Å². The molecule has 0 aliphatic heterocycles. The van der Waals surface area contributed by atoms with Crippen molar-refractivity contribution in [2.45, 2.75) is 12.8 Å². The van der Waals surface area contributed by atoms with Crippen LogP contribution in [0.3, 0.4) is 0 Å². The van der Waals surface area contributed by atoms with E-state index in [1.165, 1.54) is 22.3 Å². The van der Waals surface area contributed by atoms with Gasteiger partial charge in [0.15, 0.2) is 0 Å². The number of fused-ring (bicyclic) bond motifs is 3. The zero-order valence-corrected chi connectivity index (χ0v) is 12.0. The van der Waals surface area contributed by atoms with E-state index in [0.717, 1.165) is 8.95 Å². The van der Waals surface area contributed by atoms with Gasteiger partial charge in [0.1, 0.15) is 0 Å². The highest BCUT2D eigenvalue weighted by Crippen LogP contribution is 2.46. The third-order valence-corrected chi connectivity index (χ3v) is 4.24. The second-order valence-corrected chi connectivity index (χ2v) is 6.02. The standard InChI is InChI=1S/C14H10Br2/c1-8-13-6-9(15)2-4-11(13)12-5-3-10(16)7-14(8)12/h2-8H,1H3. The zero-order valence-electron chi connectivity index (χ0n) is 8.80. The summed E-state index contributed by atoms with van der Waals surface area (Å²) >= 11 is 7.08. The smallest absolute Gasteiger partial charge is 0.0178 e. The molecule has 0 heterocycles. The lowest BCUT2D eigenvalue weighted by molar-refractivity contribution is 0.954. The quantitative estimate of drug-likeness (QED) is 0.608. The Morgan fingerprint density at radius 1 is 0.812 bits per heavy atom. The Labute approximate surface area is 112 Å². The van der Waals surface area contributed by atoms with Crippen LogP contribution in [0.15, 0.2) is 45.3 Å². The van der Waals surface area contributed by atoms with Crippen LogP contribution in [-0.4, -0.2) is 0 Å². The van der Waals surface area contributed by atoms with Crippen LogP contribution < -0.4 is 0 Å². The molecule has 0 N–H and O–H groups in total. The molecule has 2 aromatic rings. The summed E-state index contributed by atoms with van der Waals surface area (Å²) in [7, 11) is 0. The molecular weight excluding hydrogens is 328 g/mol. The fraction of sp³-hybridized carbons (Fsp3) is 0.143. The van der Waals surface area contributed by atoms with Gasteiger partial charge in [0.2, 0.25) is 0 Å². The SMILES string of the molecule is CC1c2cc(Br)ccc2-c2ccc(Br)cc21. The van der Waals surface area contributed by atoms with Crippen LogP contribution in [-0.2, 0) is 0 Å². The summed E-state index contributed by atoms with van der Waals surface area (Å²) in [4.78, 5) is 0. The Bertz CT molecular complexity index is 521. The first kappa shape index (κ1) is 10.5. The van der Waals surface area contributed by atoms with E-state index < -0.39 is 0 Å². The molecule has 3 rings (SSSR count). The highest BCUT2D eigenvalue weighted by Gasteiger charge is 2.25. The van der Waals surface area contributed by atoms with Gasteiger partial charge < -0.3 is 0 Å². The lowest BCUT2D eigenvalue weighted by atomic mass is 10.00. The van der Waals surface area contributed by atoms with Crippen molar-refractivity contribution in [1.82, 2.24) is 0 Å². The molecule has 0 aromatic heterocycles. The van der Waals surface area contributed by atoms with Crippen LogP contribution >= 0.6 is 31.9 Å². The maximum absolute atomic E-state index is 3.54. The monoisotopic (exact) mass is 336 g/mol. The highest BCUT2D eigenvalue weighted by atomic mass is 79.9. The number of benzene rings is 2. The van der Waals surface area contributed by atoms with Crippen molar-refractivity contribution in [1.29, 1.82) is 0 Å². The Balaban J connectivity index is 2.30. The molecule has 0 amide bonds. The number of halogens is 2. The molecule has 0 nitrogen and oxygen atoms in total. The predicted molar refractivity (Wildman–Crippen MR) is 74.8 cm³/mol. The summed E-state index contributed by atoms with van der Waals surface area (Å²) in [5, 5.41) is 0. The van der Waals surface area contributed by atoms with E-state index >= 15 is 0 Å². The molecule has 16 heavy (non-hydrogen) atoms. The minimum atomic E-state index is 0.486. The Morgan fingerprint density at radius 2 is 1.25 bits per heavy atom. The van der Waals surface area contributed by atoms with Gasteiger partial charge in [-0.05, 0) is 46.5 Å². The van der Waals surface area contributed by atoms with Gasteiger partial charge in [0.25, 0.3) is 0 Å². The van der Waals surface area contributed by atoms with Crippen molar-refractivity contribution in [2.24, 2.45) is 0 Å². The van der Waals surface area contributed by atoms with Gasteiger partial charge in [-0.2, -0.15) is 0 Å². The fourth-order valence-corrected chi connectivity index (χ4v) is 3.20. The fourth-order valence-electron chi connectivity index (χ4n) is 2.44. The predicted octanol–water partition coefficient (Wildman–Crippen LogP) is 5.34. The topological polar surface area (TPSA) is 0 Å². The second kappa shape index (κ2) is 3.71. The third kappa shape index (κ3) is 1.47. The van der Waals surface area contributed by atoms with Gasteiger partial charge in [0.05, 0.1) is 0 Å². The van der Waals surface area contributed by atoms with Crippen molar-refractivity contribution < 1.29 is 0 Å². The van der Waals surface area contributed by atoms with Gasteiger partial charge in [-0.1, -0.05) is 50.9 Å². The van der Waals surface area contributed by atoms with Crippen LogP contribution in [0.25, 0.3) is 11.1 Å². The molecule has 2 heteroatoms. The van der Waals surface area contributed by atoms with E-state index in [1.54, 1.807) is 0 Å². The lowest BCUT2D eigenvalue weighted by Crippen LogP contribution is -1.89. The van der Waals surface area contributed by atoms with Crippen molar-refractivity contribution in [2.75, 3.05) is 0 Å². The molecule has 0 bridgehead atoms. The normalized spacial score (nSPS) is 13.7. The first-order valence-electron chi connectivity index (χ1n) is 5.26. The molecular formula is C14H10Br2.